The summed E-state index contributed by atoms with van der Waals surface area (Å²) < 4.78 is 29.7. The van der Waals surface area contributed by atoms with Gasteiger partial charge in [0.2, 0.25) is 0 Å². The van der Waals surface area contributed by atoms with E-state index in [9.17, 15) is 8.42 Å². The van der Waals surface area contributed by atoms with E-state index in [-0.39, 0.29) is 0 Å². The zero-order chi connectivity index (χ0) is 7.61. The van der Waals surface area contributed by atoms with Crippen molar-refractivity contribution in [2.75, 3.05) is 11.5 Å². The molecule has 0 aromatic rings. The molecule has 10 heavy (non-hydrogen) atoms. The molecule has 0 saturated carbocycles. The second-order valence-corrected chi connectivity index (χ2v) is 5.25. The highest BCUT2D eigenvalue weighted by Crippen LogP contribution is 2.21. The number of hydrogen-bond donors (Lipinski definition) is 1. The van der Waals surface area contributed by atoms with Crippen LogP contribution in [-0.2, 0) is 10.1 Å². The monoisotopic (exact) mass is 182 g/mol. The van der Waals surface area contributed by atoms with Crippen LogP contribution in [0.3, 0.4) is 0 Å². The van der Waals surface area contributed by atoms with E-state index < -0.39 is 15.4 Å². The molecule has 5 heteroatoms. The molecule has 0 aromatic carbocycles. The maximum absolute atomic E-state index is 10.5. The number of hydrogen-bond acceptors (Lipinski definition) is 3. The van der Waals surface area contributed by atoms with Crippen LogP contribution in [0.25, 0.3) is 0 Å². The van der Waals surface area contributed by atoms with Gasteiger partial charge >= 0.3 is 0 Å². The molecule has 0 atom stereocenters. The van der Waals surface area contributed by atoms with Crippen LogP contribution in [-0.4, -0.2) is 29.7 Å². The van der Waals surface area contributed by atoms with Crippen molar-refractivity contribution < 1.29 is 13.0 Å². The fourth-order valence-corrected chi connectivity index (χ4v) is 3.21. The smallest absolute Gasteiger partial charge is 0.267 e. The molecule has 0 spiro atoms. The Kier molecular flexibility index (Phi) is 2.60. The molecule has 1 aliphatic rings. The lowest BCUT2D eigenvalue weighted by Gasteiger charge is -2.17. The van der Waals surface area contributed by atoms with Crippen molar-refractivity contribution in [3.8, 4) is 0 Å². The van der Waals surface area contributed by atoms with E-state index in [2.05, 4.69) is 0 Å². The van der Waals surface area contributed by atoms with E-state index in [1.54, 1.807) is 11.8 Å². The molecule has 1 heterocycles. The van der Waals surface area contributed by atoms with Crippen LogP contribution in [0.2, 0.25) is 0 Å². The Morgan fingerprint density at radius 2 is 1.80 bits per heavy atom. The van der Waals surface area contributed by atoms with Crippen molar-refractivity contribution in [1.29, 1.82) is 0 Å². The largest absolute Gasteiger partial charge is 0.285 e. The van der Waals surface area contributed by atoms with Gasteiger partial charge in [0, 0.05) is 0 Å². The van der Waals surface area contributed by atoms with Gasteiger partial charge in [0.1, 0.15) is 0 Å². The van der Waals surface area contributed by atoms with Crippen molar-refractivity contribution >= 4 is 21.9 Å². The van der Waals surface area contributed by atoms with Gasteiger partial charge in [-0.3, -0.25) is 4.55 Å². The molecule has 0 bridgehead atoms. The van der Waals surface area contributed by atoms with E-state index in [4.69, 9.17) is 4.55 Å². The van der Waals surface area contributed by atoms with E-state index in [1.807, 2.05) is 0 Å². The van der Waals surface area contributed by atoms with Gasteiger partial charge in [-0.25, -0.2) is 0 Å². The maximum atomic E-state index is 10.5. The molecular weight excluding hydrogens is 172 g/mol. The highest BCUT2D eigenvalue weighted by atomic mass is 32.2. The molecule has 1 rings (SSSR count). The van der Waals surface area contributed by atoms with Crippen molar-refractivity contribution in [1.82, 2.24) is 0 Å². The highest BCUT2D eigenvalue weighted by molar-refractivity contribution is 7.99. The summed E-state index contributed by atoms with van der Waals surface area (Å²) in [5, 5.41) is -0.492. The molecule has 0 unspecified atom stereocenters. The van der Waals surface area contributed by atoms with Crippen LogP contribution >= 0.6 is 11.8 Å². The first-order chi connectivity index (χ1) is 4.61. The van der Waals surface area contributed by atoms with Gasteiger partial charge in [0.25, 0.3) is 10.1 Å². The average molecular weight is 182 g/mol. The topological polar surface area (TPSA) is 54.4 Å². The number of rotatable bonds is 1. The summed E-state index contributed by atoms with van der Waals surface area (Å²) in [5.41, 5.74) is 0. The molecular formula is C5H10O3S2. The molecule has 60 valence electrons. The van der Waals surface area contributed by atoms with Crippen molar-refractivity contribution in [2.45, 2.75) is 18.1 Å². The second kappa shape index (κ2) is 3.11. The minimum atomic E-state index is -3.74. The van der Waals surface area contributed by atoms with Crippen LogP contribution < -0.4 is 0 Å². The zero-order valence-electron chi connectivity index (χ0n) is 5.49. The van der Waals surface area contributed by atoms with Gasteiger partial charge in [-0.05, 0) is 24.3 Å². The van der Waals surface area contributed by atoms with Crippen LogP contribution in [0.15, 0.2) is 0 Å². The summed E-state index contributed by atoms with van der Waals surface area (Å²) in [6.07, 6.45) is 1.20. The predicted octanol–water partition coefficient (Wildman–Crippen LogP) is 0.770. The van der Waals surface area contributed by atoms with Gasteiger partial charge in [0.15, 0.2) is 0 Å². The summed E-state index contributed by atoms with van der Waals surface area (Å²) in [7, 11) is -3.74. The molecule has 1 fully saturated rings. The Morgan fingerprint density at radius 3 is 2.10 bits per heavy atom. The van der Waals surface area contributed by atoms with E-state index in [1.165, 1.54) is 0 Å². The SMILES string of the molecule is O=S(=O)(O)C1CCSCC1. The third kappa shape index (κ3) is 2.14. The van der Waals surface area contributed by atoms with Gasteiger partial charge in [0.05, 0.1) is 5.25 Å². The average Bonchev–Trinajstić information content (AvgIpc) is 1.88. The Balaban J connectivity index is 2.56. The molecule has 1 N–H and O–H groups in total. The first-order valence-electron chi connectivity index (χ1n) is 3.15. The fraction of sp³-hybridized carbons (Fsp3) is 1.00. The predicted molar refractivity (Wildman–Crippen MR) is 41.9 cm³/mol. The minimum Gasteiger partial charge on any atom is -0.285 e. The molecule has 1 aliphatic heterocycles. The summed E-state index contributed by atoms with van der Waals surface area (Å²) in [4.78, 5) is 0. The maximum Gasteiger partial charge on any atom is 0.267 e. The first-order valence-corrected chi connectivity index (χ1v) is 5.80. The van der Waals surface area contributed by atoms with Crippen LogP contribution in [0.4, 0.5) is 0 Å². The lowest BCUT2D eigenvalue weighted by Crippen LogP contribution is -2.24. The molecule has 0 radical (unpaired) electrons. The Bertz CT molecular complexity index is 191. The molecule has 0 aromatic heterocycles. The van der Waals surface area contributed by atoms with Crippen LogP contribution in [0, 0.1) is 0 Å². The van der Waals surface area contributed by atoms with Gasteiger partial charge < -0.3 is 0 Å². The highest BCUT2D eigenvalue weighted by Gasteiger charge is 2.24. The Labute approximate surface area is 64.9 Å². The van der Waals surface area contributed by atoms with Crippen molar-refractivity contribution in [3.63, 3.8) is 0 Å². The third-order valence-electron chi connectivity index (χ3n) is 1.59. The fourth-order valence-electron chi connectivity index (χ4n) is 0.974. The quantitative estimate of drug-likeness (QED) is 0.609. The second-order valence-electron chi connectivity index (χ2n) is 2.33. The summed E-state index contributed by atoms with van der Waals surface area (Å²) >= 11 is 1.74. The lowest BCUT2D eigenvalue weighted by molar-refractivity contribution is 0.461. The summed E-state index contributed by atoms with van der Waals surface area (Å²) in [6, 6.07) is 0. The Hall–Kier alpha value is 0.260. The first kappa shape index (κ1) is 8.36. The molecule has 1 saturated heterocycles. The van der Waals surface area contributed by atoms with Gasteiger partial charge in [-0.2, -0.15) is 20.2 Å². The van der Waals surface area contributed by atoms with Gasteiger partial charge in [-0.15, -0.1) is 0 Å². The van der Waals surface area contributed by atoms with Crippen molar-refractivity contribution in [3.05, 3.63) is 0 Å². The Morgan fingerprint density at radius 1 is 1.30 bits per heavy atom. The standard InChI is InChI=1S/C5H10O3S2/c6-10(7,8)5-1-3-9-4-2-5/h5H,1-4H2,(H,6,7,8). The normalized spacial score (nSPS) is 22.9. The molecule has 3 nitrogen and oxygen atoms in total. The van der Waals surface area contributed by atoms with E-state index in [0.717, 1.165) is 11.5 Å². The lowest BCUT2D eigenvalue weighted by atomic mass is 10.2. The van der Waals surface area contributed by atoms with Crippen LogP contribution in [0.1, 0.15) is 12.8 Å². The van der Waals surface area contributed by atoms with E-state index >= 15 is 0 Å². The molecule has 0 amide bonds. The third-order valence-corrected chi connectivity index (χ3v) is 3.95. The zero-order valence-corrected chi connectivity index (χ0v) is 7.12. The summed E-state index contributed by atoms with van der Waals surface area (Å²) in [5.74, 6) is 1.70. The number of thioether (sulfide) groups is 1. The summed E-state index contributed by atoms with van der Waals surface area (Å²) in [6.45, 7) is 0. The molecule has 0 aliphatic carbocycles. The minimum absolute atomic E-state index is 0.492. The van der Waals surface area contributed by atoms with E-state index in [0.29, 0.717) is 12.8 Å². The van der Waals surface area contributed by atoms with Crippen LogP contribution in [0.5, 0.6) is 0 Å². The van der Waals surface area contributed by atoms with Gasteiger partial charge in [-0.1, -0.05) is 0 Å². The van der Waals surface area contributed by atoms with Crippen molar-refractivity contribution in [2.24, 2.45) is 0 Å².